The number of anilines is 1. The van der Waals surface area contributed by atoms with Gasteiger partial charge in [-0.2, -0.15) is 0 Å². The molecular formula is C22H19Cl2N3O3. The minimum atomic E-state index is -1.15. The van der Waals surface area contributed by atoms with Gasteiger partial charge >= 0.3 is 5.97 Å². The number of carboxylic acids is 1. The van der Waals surface area contributed by atoms with Gasteiger partial charge < -0.3 is 15.7 Å². The van der Waals surface area contributed by atoms with Crippen LogP contribution in [0.25, 0.3) is 0 Å². The van der Waals surface area contributed by atoms with Gasteiger partial charge in [0.25, 0.3) is 5.91 Å². The first-order valence-electron chi connectivity index (χ1n) is 9.14. The SMILES string of the molecule is O=C(NC(Cc1ccc(CNc2ccccn2)cc1)C(=O)O)c1c(Cl)cccc1Cl. The molecule has 6 nitrogen and oxygen atoms in total. The average molecular weight is 444 g/mol. The van der Waals surface area contributed by atoms with E-state index in [1.807, 2.05) is 42.5 Å². The Morgan fingerprint density at radius 1 is 0.933 bits per heavy atom. The molecule has 0 fully saturated rings. The van der Waals surface area contributed by atoms with Gasteiger partial charge in [0.2, 0.25) is 0 Å². The van der Waals surface area contributed by atoms with Crippen LogP contribution in [0.4, 0.5) is 5.82 Å². The van der Waals surface area contributed by atoms with E-state index in [4.69, 9.17) is 23.2 Å². The minimum Gasteiger partial charge on any atom is -0.480 e. The lowest BCUT2D eigenvalue weighted by molar-refractivity contribution is -0.139. The van der Waals surface area contributed by atoms with Gasteiger partial charge in [0.1, 0.15) is 11.9 Å². The minimum absolute atomic E-state index is 0.0584. The summed E-state index contributed by atoms with van der Waals surface area (Å²) in [6.45, 7) is 0.585. The van der Waals surface area contributed by atoms with Gasteiger partial charge in [-0.25, -0.2) is 9.78 Å². The molecule has 1 heterocycles. The number of hydrogen-bond donors (Lipinski definition) is 3. The summed E-state index contributed by atoms with van der Waals surface area (Å²) in [6, 6.07) is 16.6. The molecule has 3 aromatic rings. The Morgan fingerprint density at radius 2 is 1.60 bits per heavy atom. The summed E-state index contributed by atoms with van der Waals surface area (Å²) >= 11 is 12.1. The summed E-state index contributed by atoms with van der Waals surface area (Å²) in [5.74, 6) is -1.00. The zero-order valence-electron chi connectivity index (χ0n) is 15.8. The quantitative estimate of drug-likeness (QED) is 0.478. The third-order valence-corrected chi connectivity index (χ3v) is 5.02. The maximum atomic E-state index is 12.5. The highest BCUT2D eigenvalue weighted by molar-refractivity contribution is 6.39. The zero-order chi connectivity index (χ0) is 21.5. The van der Waals surface area contributed by atoms with E-state index in [1.165, 1.54) is 12.1 Å². The van der Waals surface area contributed by atoms with Crippen LogP contribution in [-0.4, -0.2) is 28.0 Å². The Bertz CT molecular complexity index is 1010. The van der Waals surface area contributed by atoms with Gasteiger partial charge in [-0.3, -0.25) is 4.79 Å². The van der Waals surface area contributed by atoms with Crippen molar-refractivity contribution < 1.29 is 14.7 Å². The first-order chi connectivity index (χ1) is 14.4. The van der Waals surface area contributed by atoms with Gasteiger partial charge in [-0.15, -0.1) is 0 Å². The number of halogens is 2. The number of amides is 1. The van der Waals surface area contributed by atoms with Gasteiger partial charge in [0.05, 0.1) is 15.6 Å². The number of hydrogen-bond acceptors (Lipinski definition) is 4. The van der Waals surface area contributed by atoms with Crippen molar-refractivity contribution in [2.75, 3.05) is 5.32 Å². The molecule has 0 bridgehead atoms. The lowest BCUT2D eigenvalue weighted by Crippen LogP contribution is -2.42. The van der Waals surface area contributed by atoms with E-state index in [1.54, 1.807) is 12.3 Å². The predicted molar refractivity (Wildman–Crippen MR) is 117 cm³/mol. The van der Waals surface area contributed by atoms with Gasteiger partial charge in [0, 0.05) is 19.2 Å². The van der Waals surface area contributed by atoms with Crippen molar-refractivity contribution in [3.05, 3.63) is 93.6 Å². The van der Waals surface area contributed by atoms with Crippen LogP contribution in [0.2, 0.25) is 10.0 Å². The van der Waals surface area contributed by atoms with Crippen molar-refractivity contribution >= 4 is 40.9 Å². The van der Waals surface area contributed by atoms with E-state index in [0.29, 0.717) is 6.54 Å². The van der Waals surface area contributed by atoms with E-state index in [-0.39, 0.29) is 22.0 Å². The number of aliphatic carboxylic acids is 1. The second-order valence-electron chi connectivity index (χ2n) is 6.55. The van der Waals surface area contributed by atoms with Crippen LogP contribution >= 0.6 is 23.2 Å². The fraction of sp³-hybridized carbons (Fsp3) is 0.136. The van der Waals surface area contributed by atoms with Crippen molar-refractivity contribution in [1.82, 2.24) is 10.3 Å². The fourth-order valence-corrected chi connectivity index (χ4v) is 3.40. The average Bonchev–Trinajstić information content (AvgIpc) is 2.73. The summed E-state index contributed by atoms with van der Waals surface area (Å²) in [4.78, 5) is 28.4. The Labute approximate surface area is 183 Å². The highest BCUT2D eigenvalue weighted by Gasteiger charge is 2.23. The number of pyridine rings is 1. The highest BCUT2D eigenvalue weighted by atomic mass is 35.5. The molecule has 0 aliphatic carbocycles. The molecule has 0 radical (unpaired) electrons. The standard InChI is InChI=1S/C22H19Cl2N3O3/c23-16-4-3-5-17(24)20(16)21(28)27-18(22(29)30)12-14-7-9-15(10-8-14)13-26-19-6-1-2-11-25-19/h1-11,18H,12-13H2,(H,25,26)(H,27,28)(H,29,30). The molecule has 1 amide bonds. The third-order valence-electron chi connectivity index (χ3n) is 4.39. The summed E-state index contributed by atoms with van der Waals surface area (Å²) < 4.78 is 0. The lowest BCUT2D eigenvalue weighted by Gasteiger charge is -2.16. The molecule has 0 aliphatic rings. The Morgan fingerprint density at radius 3 is 2.20 bits per heavy atom. The van der Waals surface area contributed by atoms with Crippen molar-refractivity contribution in [3.8, 4) is 0 Å². The number of nitrogens with zero attached hydrogens (tertiary/aromatic N) is 1. The first-order valence-corrected chi connectivity index (χ1v) is 9.90. The Hall–Kier alpha value is -3.09. The predicted octanol–water partition coefficient (Wildman–Crippen LogP) is 4.43. The molecule has 30 heavy (non-hydrogen) atoms. The monoisotopic (exact) mass is 443 g/mol. The molecule has 8 heteroatoms. The molecule has 0 aliphatic heterocycles. The zero-order valence-corrected chi connectivity index (χ0v) is 17.3. The van der Waals surface area contributed by atoms with Crippen LogP contribution in [0.15, 0.2) is 66.9 Å². The van der Waals surface area contributed by atoms with Gasteiger partial charge in [0.15, 0.2) is 0 Å². The molecule has 3 N–H and O–H groups in total. The second kappa shape index (κ2) is 10.1. The molecule has 1 aromatic heterocycles. The number of nitrogens with one attached hydrogen (secondary N) is 2. The number of carboxylic acid groups (broad SMARTS) is 1. The van der Waals surface area contributed by atoms with Crippen molar-refractivity contribution in [1.29, 1.82) is 0 Å². The number of rotatable bonds is 8. The lowest BCUT2D eigenvalue weighted by atomic mass is 10.0. The fourth-order valence-electron chi connectivity index (χ4n) is 2.83. The molecule has 3 rings (SSSR count). The molecule has 0 saturated carbocycles. The van der Waals surface area contributed by atoms with Crippen molar-refractivity contribution in [2.24, 2.45) is 0 Å². The largest absolute Gasteiger partial charge is 0.480 e. The van der Waals surface area contributed by atoms with Crippen LogP contribution < -0.4 is 10.6 Å². The molecule has 154 valence electrons. The number of carbonyl (C=O) groups excluding carboxylic acids is 1. The van der Waals surface area contributed by atoms with Crippen LogP contribution in [0.1, 0.15) is 21.5 Å². The van der Waals surface area contributed by atoms with Gasteiger partial charge in [-0.1, -0.05) is 59.6 Å². The van der Waals surface area contributed by atoms with Crippen LogP contribution in [0.3, 0.4) is 0 Å². The Balaban J connectivity index is 1.63. The van der Waals surface area contributed by atoms with Crippen molar-refractivity contribution in [3.63, 3.8) is 0 Å². The maximum Gasteiger partial charge on any atom is 0.326 e. The molecule has 2 aromatic carbocycles. The van der Waals surface area contributed by atoms with Gasteiger partial charge in [-0.05, 0) is 35.4 Å². The summed E-state index contributed by atoms with van der Waals surface area (Å²) in [7, 11) is 0. The first kappa shape index (κ1) is 21.6. The molecule has 1 unspecified atom stereocenters. The number of aromatic nitrogens is 1. The van der Waals surface area contributed by atoms with Crippen LogP contribution in [-0.2, 0) is 17.8 Å². The van der Waals surface area contributed by atoms with Crippen LogP contribution in [0.5, 0.6) is 0 Å². The Kier molecular flexibility index (Phi) is 7.27. The second-order valence-corrected chi connectivity index (χ2v) is 7.36. The summed E-state index contributed by atoms with van der Waals surface area (Å²) in [5.41, 5.74) is 1.85. The van der Waals surface area contributed by atoms with E-state index in [2.05, 4.69) is 15.6 Å². The smallest absolute Gasteiger partial charge is 0.326 e. The van der Waals surface area contributed by atoms with E-state index < -0.39 is 17.9 Å². The summed E-state index contributed by atoms with van der Waals surface area (Å²) in [6.07, 6.45) is 1.83. The maximum absolute atomic E-state index is 12.5. The van der Waals surface area contributed by atoms with E-state index in [0.717, 1.165) is 16.9 Å². The molecule has 0 spiro atoms. The normalized spacial score (nSPS) is 11.5. The molecule has 1 atom stereocenters. The van der Waals surface area contributed by atoms with E-state index >= 15 is 0 Å². The topological polar surface area (TPSA) is 91.3 Å². The third kappa shape index (κ3) is 5.72. The molecule has 0 saturated heterocycles. The van der Waals surface area contributed by atoms with Crippen LogP contribution in [0, 0.1) is 0 Å². The number of benzene rings is 2. The summed E-state index contributed by atoms with van der Waals surface area (Å²) in [5, 5.41) is 15.6. The molecular weight excluding hydrogens is 425 g/mol. The van der Waals surface area contributed by atoms with Crippen molar-refractivity contribution in [2.45, 2.75) is 19.0 Å². The number of carbonyl (C=O) groups is 2. The highest BCUT2D eigenvalue weighted by Crippen LogP contribution is 2.24. The van der Waals surface area contributed by atoms with E-state index in [9.17, 15) is 14.7 Å².